The fourth-order valence-corrected chi connectivity index (χ4v) is 5.25. The molecule has 168 valence electrons. The van der Waals surface area contributed by atoms with Gasteiger partial charge in [-0.05, 0) is 79.3 Å². The largest absolute Gasteiger partial charge is 0.338 e. The Kier molecular flexibility index (Phi) is 6.28. The van der Waals surface area contributed by atoms with Gasteiger partial charge in [-0.25, -0.2) is 4.98 Å². The predicted molar refractivity (Wildman–Crippen MR) is 135 cm³/mol. The summed E-state index contributed by atoms with van der Waals surface area (Å²) < 4.78 is 0. The number of pyridine rings is 1. The number of hydrogen-bond donors (Lipinski definition) is 1. The second kappa shape index (κ2) is 9.48. The molecule has 2 heterocycles. The lowest BCUT2D eigenvalue weighted by Gasteiger charge is -2.27. The molecule has 0 atom stereocenters. The van der Waals surface area contributed by atoms with E-state index in [-0.39, 0.29) is 0 Å². The number of rotatable bonds is 6. The van der Waals surface area contributed by atoms with Gasteiger partial charge in [0.1, 0.15) is 17.6 Å². The van der Waals surface area contributed by atoms with Gasteiger partial charge in [-0.15, -0.1) is 0 Å². The quantitative estimate of drug-likeness (QED) is 0.307. The van der Waals surface area contributed by atoms with Crippen molar-refractivity contribution in [3.63, 3.8) is 0 Å². The van der Waals surface area contributed by atoms with E-state index in [0.29, 0.717) is 23.3 Å². The van der Waals surface area contributed by atoms with Gasteiger partial charge in [0.15, 0.2) is 0 Å². The molecule has 1 fully saturated rings. The van der Waals surface area contributed by atoms with Gasteiger partial charge < -0.3 is 9.78 Å². The smallest absolute Gasteiger partial charge is 0.140 e. The first-order chi connectivity index (χ1) is 16.1. The Morgan fingerprint density at radius 3 is 2.45 bits per heavy atom. The molecule has 0 saturated heterocycles. The van der Waals surface area contributed by atoms with E-state index in [9.17, 15) is 4.79 Å². The van der Waals surface area contributed by atoms with Crippen LogP contribution in [0.2, 0.25) is 5.02 Å². The summed E-state index contributed by atoms with van der Waals surface area (Å²) in [6, 6.07) is 17.0. The summed E-state index contributed by atoms with van der Waals surface area (Å²) >= 11 is 6.42. The van der Waals surface area contributed by atoms with Crippen LogP contribution in [0.1, 0.15) is 56.1 Å². The highest BCUT2D eigenvalue weighted by Gasteiger charge is 2.22. The predicted octanol–water partition coefficient (Wildman–Crippen LogP) is 7.37. The van der Waals surface area contributed by atoms with E-state index < -0.39 is 0 Å². The number of H-pyrrole nitrogens is 1. The second-order valence-electron chi connectivity index (χ2n) is 9.09. The third-order valence-corrected chi connectivity index (χ3v) is 7.29. The van der Waals surface area contributed by atoms with Crippen LogP contribution in [-0.2, 0) is 11.2 Å². The number of aromatic nitrogens is 3. The van der Waals surface area contributed by atoms with Crippen LogP contribution in [0.4, 0.5) is 0 Å². The Morgan fingerprint density at radius 1 is 1.03 bits per heavy atom. The van der Waals surface area contributed by atoms with Crippen molar-refractivity contribution in [1.29, 1.82) is 0 Å². The lowest BCUT2D eigenvalue weighted by atomic mass is 9.77. The monoisotopic (exact) mass is 457 g/mol. The number of aromatic amines is 1. The first kappa shape index (κ1) is 21.8. The molecule has 33 heavy (non-hydrogen) atoms. The molecule has 1 N–H and O–H groups in total. The molecule has 2 aromatic heterocycles. The molecule has 5 rings (SSSR count). The number of imidazole rings is 1. The molecule has 4 aromatic rings. The highest BCUT2D eigenvalue weighted by Crippen LogP contribution is 2.37. The van der Waals surface area contributed by atoms with Crippen LogP contribution in [0, 0.1) is 5.92 Å². The minimum Gasteiger partial charge on any atom is -0.338 e. The Morgan fingerprint density at radius 2 is 1.79 bits per heavy atom. The van der Waals surface area contributed by atoms with Crippen LogP contribution in [-0.4, -0.2) is 21.2 Å². The molecule has 0 aliphatic heterocycles. The van der Waals surface area contributed by atoms with E-state index in [1.54, 1.807) is 0 Å². The number of fused-ring (bicyclic) bond motifs is 1. The summed E-state index contributed by atoms with van der Waals surface area (Å²) in [6.45, 7) is 2.12. The zero-order chi connectivity index (χ0) is 22.8. The summed E-state index contributed by atoms with van der Waals surface area (Å²) in [5.74, 6) is 1.96. The molecule has 0 amide bonds. The maximum atomic E-state index is 10.8. The van der Waals surface area contributed by atoms with Gasteiger partial charge in [-0.2, -0.15) is 0 Å². The summed E-state index contributed by atoms with van der Waals surface area (Å²) in [5, 5.41) is 0.675. The molecule has 0 bridgehead atoms. The molecule has 0 radical (unpaired) electrons. The third-order valence-electron chi connectivity index (χ3n) is 7.00. The summed E-state index contributed by atoms with van der Waals surface area (Å²) in [4.78, 5) is 23.5. The van der Waals surface area contributed by atoms with Crippen LogP contribution in [0.3, 0.4) is 0 Å². The standard InChI is InChI=1S/C28H28ClN3O/c1-2-18-15-24(29)27-26(16-18)31-28(32-27)23-11-12-25(30-17-23)22-9-7-21(8-10-22)20-5-3-19(4-6-20)13-14-33/h7-12,14-17,19-20H,2-6,13H2,1H3,(H,31,32). The van der Waals surface area contributed by atoms with E-state index >= 15 is 0 Å². The SMILES string of the molecule is CCc1cc(Cl)c2nc(-c3ccc(-c4ccc(C5CCC(CC=O)CC5)cc4)nc3)[nH]c2c1. The molecular formula is C28H28ClN3O. The Bertz CT molecular complexity index is 1250. The highest BCUT2D eigenvalue weighted by atomic mass is 35.5. The zero-order valence-electron chi connectivity index (χ0n) is 18.9. The van der Waals surface area contributed by atoms with E-state index in [1.807, 2.05) is 18.3 Å². The third kappa shape index (κ3) is 4.58. The molecule has 1 aliphatic carbocycles. The van der Waals surface area contributed by atoms with Gasteiger partial charge >= 0.3 is 0 Å². The second-order valence-corrected chi connectivity index (χ2v) is 9.49. The first-order valence-electron chi connectivity index (χ1n) is 11.8. The van der Waals surface area contributed by atoms with Gasteiger partial charge in [0.25, 0.3) is 0 Å². The van der Waals surface area contributed by atoms with Crippen molar-refractivity contribution in [2.75, 3.05) is 0 Å². The first-order valence-corrected chi connectivity index (χ1v) is 12.2. The average molecular weight is 458 g/mol. The normalized spacial score (nSPS) is 18.5. The van der Waals surface area contributed by atoms with Crippen molar-refractivity contribution >= 4 is 28.9 Å². The van der Waals surface area contributed by atoms with Gasteiger partial charge in [-0.1, -0.05) is 42.8 Å². The van der Waals surface area contributed by atoms with Crippen molar-refractivity contribution in [1.82, 2.24) is 15.0 Å². The van der Waals surface area contributed by atoms with E-state index in [2.05, 4.69) is 48.3 Å². The van der Waals surface area contributed by atoms with Crippen LogP contribution in [0.5, 0.6) is 0 Å². The molecule has 1 aliphatic rings. The van der Waals surface area contributed by atoms with Gasteiger partial charge in [0, 0.05) is 23.7 Å². The van der Waals surface area contributed by atoms with Crippen molar-refractivity contribution < 1.29 is 4.79 Å². The topological polar surface area (TPSA) is 58.6 Å². The summed E-state index contributed by atoms with van der Waals surface area (Å²) in [6.07, 6.45) is 9.24. The summed E-state index contributed by atoms with van der Waals surface area (Å²) in [5.41, 5.74) is 7.33. The van der Waals surface area contributed by atoms with Crippen LogP contribution >= 0.6 is 11.6 Å². The van der Waals surface area contributed by atoms with Gasteiger partial charge in [0.05, 0.1) is 16.2 Å². The lowest BCUT2D eigenvalue weighted by Crippen LogP contribution is -2.13. The van der Waals surface area contributed by atoms with Crippen molar-refractivity contribution in [3.05, 3.63) is 70.9 Å². The number of nitrogens with zero attached hydrogens (tertiary/aromatic N) is 2. The number of nitrogens with one attached hydrogen (secondary N) is 1. The van der Waals surface area contributed by atoms with Crippen LogP contribution in [0.25, 0.3) is 33.7 Å². The molecular weight excluding hydrogens is 430 g/mol. The fourth-order valence-electron chi connectivity index (χ4n) is 4.97. The van der Waals surface area contributed by atoms with Gasteiger partial charge in [-0.3, -0.25) is 4.98 Å². The molecule has 0 spiro atoms. The van der Waals surface area contributed by atoms with Crippen molar-refractivity contribution in [3.8, 4) is 22.6 Å². The number of aryl methyl sites for hydroxylation is 1. The minimum absolute atomic E-state index is 0.581. The van der Waals surface area contributed by atoms with Gasteiger partial charge in [0.2, 0.25) is 0 Å². The number of carbonyl (C=O) groups is 1. The number of halogens is 1. The molecule has 2 aromatic carbocycles. The molecule has 5 heteroatoms. The lowest BCUT2D eigenvalue weighted by molar-refractivity contribution is -0.108. The Labute approximate surface area is 199 Å². The fraction of sp³-hybridized carbons (Fsp3) is 0.321. The molecule has 4 nitrogen and oxygen atoms in total. The van der Waals surface area contributed by atoms with Crippen molar-refractivity contribution in [2.45, 2.75) is 51.4 Å². The van der Waals surface area contributed by atoms with E-state index in [0.717, 1.165) is 59.2 Å². The molecule has 1 saturated carbocycles. The minimum atomic E-state index is 0.581. The summed E-state index contributed by atoms with van der Waals surface area (Å²) in [7, 11) is 0. The van der Waals surface area contributed by atoms with Crippen LogP contribution in [0.15, 0.2) is 54.7 Å². The maximum Gasteiger partial charge on any atom is 0.140 e. The number of benzene rings is 2. The maximum absolute atomic E-state index is 10.8. The van der Waals surface area contributed by atoms with Crippen LogP contribution < -0.4 is 0 Å². The number of carbonyl (C=O) groups excluding carboxylic acids is 1. The number of hydrogen-bond acceptors (Lipinski definition) is 3. The number of aldehydes is 1. The van der Waals surface area contributed by atoms with E-state index in [4.69, 9.17) is 21.6 Å². The highest BCUT2D eigenvalue weighted by molar-refractivity contribution is 6.35. The average Bonchev–Trinajstić information content (AvgIpc) is 3.30. The van der Waals surface area contributed by atoms with Crippen molar-refractivity contribution in [2.24, 2.45) is 5.92 Å². The molecule has 0 unspecified atom stereocenters. The van der Waals surface area contributed by atoms with E-state index in [1.165, 1.54) is 24.0 Å². The Balaban J connectivity index is 1.31. The Hall–Kier alpha value is -2.98. The zero-order valence-corrected chi connectivity index (χ0v) is 19.6.